The van der Waals surface area contributed by atoms with E-state index >= 15 is 0 Å². The van der Waals surface area contributed by atoms with Gasteiger partial charge >= 0.3 is 0 Å². The minimum Gasteiger partial charge on any atom is -0.0579 e. The van der Waals surface area contributed by atoms with Crippen LogP contribution >= 0.6 is 63.7 Å². The predicted molar refractivity (Wildman–Crippen MR) is 144 cm³/mol. The highest BCUT2D eigenvalue weighted by Crippen LogP contribution is 2.53. The molecule has 0 bridgehead atoms. The van der Waals surface area contributed by atoms with Crippen LogP contribution < -0.4 is 0 Å². The van der Waals surface area contributed by atoms with Crippen molar-refractivity contribution in [3.63, 3.8) is 0 Å². The Morgan fingerprint density at radius 1 is 0.452 bits per heavy atom. The molecule has 1 aliphatic carbocycles. The Balaban J connectivity index is 1.76. The molecule has 154 valence electrons. The Labute approximate surface area is 216 Å². The summed E-state index contributed by atoms with van der Waals surface area (Å²) in [7, 11) is 0. The van der Waals surface area contributed by atoms with Gasteiger partial charge in [-0.2, -0.15) is 0 Å². The molecule has 0 radical (unpaired) electrons. The lowest BCUT2D eigenvalue weighted by molar-refractivity contribution is 0.519. The summed E-state index contributed by atoms with van der Waals surface area (Å²) >= 11 is 14.7. The molecule has 0 unspecified atom stereocenters. The van der Waals surface area contributed by atoms with E-state index < -0.39 is 0 Å². The van der Waals surface area contributed by atoms with Gasteiger partial charge in [-0.05, 0) is 94.8 Å². The summed E-state index contributed by atoms with van der Waals surface area (Å²) in [4.78, 5) is 0. The summed E-state index contributed by atoms with van der Waals surface area (Å²) in [6, 6.07) is 31.0. The Kier molecular flexibility index (Phi) is 6.02. The van der Waals surface area contributed by atoms with E-state index in [-0.39, 0.29) is 5.41 Å². The maximum Gasteiger partial charge on any atom is 0.0296 e. The normalized spacial score (nSPS) is 13.7. The molecule has 0 spiro atoms. The van der Waals surface area contributed by atoms with Crippen LogP contribution in [0.15, 0.2) is 103 Å². The van der Waals surface area contributed by atoms with Crippen molar-refractivity contribution in [3.05, 3.63) is 125 Å². The first kappa shape index (κ1) is 21.6. The molecule has 4 aromatic rings. The summed E-state index contributed by atoms with van der Waals surface area (Å²) in [5.74, 6) is 0. The molecule has 0 fully saturated rings. The summed E-state index contributed by atoms with van der Waals surface area (Å²) in [5, 5.41) is 0. The predicted octanol–water partition coefficient (Wildman–Crippen LogP) is 9.49. The van der Waals surface area contributed by atoms with Crippen molar-refractivity contribution in [1.82, 2.24) is 0 Å². The summed E-state index contributed by atoms with van der Waals surface area (Å²) in [6.07, 6.45) is 1.87. The van der Waals surface area contributed by atoms with Crippen molar-refractivity contribution in [2.75, 3.05) is 0 Å². The van der Waals surface area contributed by atoms with Gasteiger partial charge in [0.05, 0.1) is 0 Å². The average molecular weight is 662 g/mol. The standard InChI is InChI=1S/C27H18Br4/c28-19-5-1-17(2-6-19)15-27(16-18-3-7-20(29)8-4-18)25-13-21(30)9-11-23(25)24-12-10-22(31)14-26(24)27/h1-14H,15-16H2. The third kappa shape index (κ3) is 4.13. The Morgan fingerprint density at radius 3 is 1.19 bits per heavy atom. The molecule has 0 amide bonds. The van der Waals surface area contributed by atoms with Gasteiger partial charge in [-0.3, -0.25) is 0 Å². The largest absolute Gasteiger partial charge is 0.0579 e. The number of benzene rings is 4. The fourth-order valence-electron chi connectivity index (χ4n) is 4.78. The van der Waals surface area contributed by atoms with Crippen LogP contribution in [-0.4, -0.2) is 0 Å². The van der Waals surface area contributed by atoms with Crippen LogP contribution in [0.3, 0.4) is 0 Å². The quantitative estimate of drug-likeness (QED) is 0.204. The van der Waals surface area contributed by atoms with Crippen LogP contribution in [0.25, 0.3) is 11.1 Å². The number of fused-ring (bicyclic) bond motifs is 3. The number of hydrogen-bond acceptors (Lipinski definition) is 0. The fourth-order valence-corrected chi connectivity index (χ4v) is 6.04. The van der Waals surface area contributed by atoms with Crippen molar-refractivity contribution in [2.45, 2.75) is 18.3 Å². The molecular formula is C27H18Br4. The van der Waals surface area contributed by atoms with Gasteiger partial charge in [0.1, 0.15) is 0 Å². The van der Waals surface area contributed by atoms with Crippen LogP contribution in [0.1, 0.15) is 22.3 Å². The molecule has 0 atom stereocenters. The van der Waals surface area contributed by atoms with Gasteiger partial charge in [0.2, 0.25) is 0 Å². The van der Waals surface area contributed by atoms with E-state index in [9.17, 15) is 0 Å². The highest BCUT2D eigenvalue weighted by atomic mass is 79.9. The third-order valence-electron chi connectivity index (χ3n) is 6.12. The average Bonchev–Trinajstić information content (AvgIpc) is 3.00. The van der Waals surface area contributed by atoms with Gasteiger partial charge in [-0.25, -0.2) is 0 Å². The van der Waals surface area contributed by atoms with E-state index in [1.54, 1.807) is 0 Å². The molecule has 0 aliphatic heterocycles. The summed E-state index contributed by atoms with van der Waals surface area (Å²) in [6.45, 7) is 0. The van der Waals surface area contributed by atoms with Gasteiger partial charge in [0.15, 0.2) is 0 Å². The second kappa shape index (κ2) is 8.62. The minimum absolute atomic E-state index is 0.153. The van der Waals surface area contributed by atoms with Gasteiger partial charge < -0.3 is 0 Å². The van der Waals surface area contributed by atoms with Crippen LogP contribution in [0.2, 0.25) is 0 Å². The van der Waals surface area contributed by atoms with Crippen molar-refractivity contribution in [3.8, 4) is 11.1 Å². The first-order valence-corrected chi connectivity index (χ1v) is 13.2. The maximum absolute atomic E-state index is 3.74. The van der Waals surface area contributed by atoms with E-state index in [1.807, 2.05) is 0 Å². The van der Waals surface area contributed by atoms with E-state index in [4.69, 9.17) is 0 Å². The van der Waals surface area contributed by atoms with Crippen molar-refractivity contribution in [2.24, 2.45) is 0 Å². The molecule has 0 saturated carbocycles. The number of halogens is 4. The number of rotatable bonds is 4. The topological polar surface area (TPSA) is 0 Å². The van der Waals surface area contributed by atoms with Crippen LogP contribution in [0.5, 0.6) is 0 Å². The van der Waals surface area contributed by atoms with E-state index in [1.165, 1.54) is 33.4 Å². The van der Waals surface area contributed by atoms with E-state index in [0.29, 0.717) is 0 Å². The molecule has 0 nitrogen and oxygen atoms in total. The van der Waals surface area contributed by atoms with Crippen LogP contribution in [0.4, 0.5) is 0 Å². The fraction of sp³-hybridized carbons (Fsp3) is 0.111. The highest BCUT2D eigenvalue weighted by molar-refractivity contribution is 9.11. The Bertz CT molecular complexity index is 1160. The Morgan fingerprint density at radius 2 is 0.806 bits per heavy atom. The van der Waals surface area contributed by atoms with Crippen molar-refractivity contribution < 1.29 is 0 Å². The molecular weight excluding hydrogens is 644 g/mol. The molecule has 31 heavy (non-hydrogen) atoms. The minimum atomic E-state index is -0.153. The number of hydrogen-bond donors (Lipinski definition) is 0. The van der Waals surface area contributed by atoms with Gasteiger partial charge in [0, 0.05) is 23.3 Å². The maximum atomic E-state index is 3.74. The molecule has 4 heteroatoms. The summed E-state index contributed by atoms with van der Waals surface area (Å²) < 4.78 is 4.45. The molecule has 5 rings (SSSR count). The summed E-state index contributed by atoms with van der Waals surface area (Å²) in [5.41, 5.74) is 7.96. The van der Waals surface area contributed by atoms with E-state index in [2.05, 4.69) is 149 Å². The van der Waals surface area contributed by atoms with Crippen LogP contribution in [-0.2, 0) is 18.3 Å². The molecule has 0 saturated heterocycles. The van der Waals surface area contributed by atoms with Gasteiger partial charge in [0.25, 0.3) is 0 Å². The third-order valence-corrected chi connectivity index (χ3v) is 8.17. The molecule has 4 aromatic carbocycles. The monoisotopic (exact) mass is 658 g/mol. The second-order valence-corrected chi connectivity index (χ2v) is 11.7. The molecule has 0 aromatic heterocycles. The van der Waals surface area contributed by atoms with Crippen LogP contribution in [0, 0.1) is 0 Å². The molecule has 0 heterocycles. The van der Waals surface area contributed by atoms with Gasteiger partial charge in [-0.1, -0.05) is 100 Å². The first-order chi connectivity index (χ1) is 14.9. The first-order valence-electron chi connectivity index (χ1n) is 10.0. The Hall–Kier alpha value is -1.20. The SMILES string of the molecule is Brc1ccc(CC2(Cc3ccc(Br)cc3)c3cc(Br)ccc3-c3ccc(Br)cc32)cc1. The zero-order chi connectivity index (χ0) is 21.6. The smallest absolute Gasteiger partial charge is 0.0296 e. The zero-order valence-corrected chi connectivity index (χ0v) is 22.9. The highest BCUT2D eigenvalue weighted by Gasteiger charge is 2.43. The lowest BCUT2D eigenvalue weighted by Gasteiger charge is -2.33. The van der Waals surface area contributed by atoms with Crippen molar-refractivity contribution in [1.29, 1.82) is 0 Å². The van der Waals surface area contributed by atoms with Crippen molar-refractivity contribution >= 4 is 63.7 Å². The van der Waals surface area contributed by atoms with E-state index in [0.717, 1.165) is 30.7 Å². The lowest BCUT2D eigenvalue weighted by Crippen LogP contribution is -2.31. The zero-order valence-electron chi connectivity index (χ0n) is 16.5. The lowest BCUT2D eigenvalue weighted by atomic mass is 9.69. The molecule has 0 N–H and O–H groups in total. The second-order valence-electron chi connectivity index (χ2n) is 8.07. The van der Waals surface area contributed by atoms with Gasteiger partial charge in [-0.15, -0.1) is 0 Å². The molecule has 1 aliphatic rings.